The van der Waals surface area contributed by atoms with Crippen LogP contribution in [0, 0.1) is 0 Å². The first-order valence-electron chi connectivity index (χ1n) is 6.56. The van der Waals surface area contributed by atoms with Gasteiger partial charge < -0.3 is 9.84 Å². The van der Waals surface area contributed by atoms with Gasteiger partial charge in [0.05, 0.1) is 13.7 Å². The summed E-state index contributed by atoms with van der Waals surface area (Å²) in [5, 5.41) is 9.47. The number of hydrogen-bond donors (Lipinski definition) is 1. The van der Waals surface area contributed by atoms with Gasteiger partial charge in [-0.2, -0.15) is 0 Å². The maximum atomic E-state index is 9.47. The summed E-state index contributed by atoms with van der Waals surface area (Å²) in [6, 6.07) is 16.2. The Morgan fingerprint density at radius 1 is 1.05 bits per heavy atom. The zero-order valence-corrected chi connectivity index (χ0v) is 11.5. The quantitative estimate of drug-likeness (QED) is 0.886. The van der Waals surface area contributed by atoms with Crippen molar-refractivity contribution in [1.29, 1.82) is 0 Å². The molecule has 1 unspecified atom stereocenters. The van der Waals surface area contributed by atoms with Gasteiger partial charge in [0.15, 0.2) is 0 Å². The van der Waals surface area contributed by atoms with Gasteiger partial charge >= 0.3 is 0 Å². The normalized spacial score (nSPS) is 12.2. The third kappa shape index (κ3) is 3.15. The minimum atomic E-state index is 0.0496. The van der Waals surface area contributed by atoms with Crippen molar-refractivity contribution in [3.05, 3.63) is 65.2 Å². The summed E-state index contributed by atoms with van der Waals surface area (Å²) in [5.74, 6) is 1.25. The predicted molar refractivity (Wildman–Crippen MR) is 77.5 cm³/mol. The van der Waals surface area contributed by atoms with Crippen LogP contribution in [0.25, 0.3) is 0 Å². The van der Waals surface area contributed by atoms with Gasteiger partial charge in [-0.25, -0.2) is 0 Å². The summed E-state index contributed by atoms with van der Waals surface area (Å²) >= 11 is 0. The molecule has 2 nitrogen and oxygen atoms in total. The maximum absolute atomic E-state index is 9.47. The van der Waals surface area contributed by atoms with Crippen LogP contribution in [0.2, 0.25) is 0 Å². The predicted octanol–water partition coefficient (Wildman–Crippen LogP) is 3.53. The minimum Gasteiger partial charge on any atom is -0.496 e. The van der Waals surface area contributed by atoms with Crippen LogP contribution in [0.3, 0.4) is 0 Å². The number of benzene rings is 2. The SMILES string of the molecule is COc1cccc(CO)c1CC(C)c1ccccc1. The molecule has 0 aromatic heterocycles. The van der Waals surface area contributed by atoms with Crippen LogP contribution in [-0.4, -0.2) is 12.2 Å². The average molecular weight is 256 g/mol. The molecule has 0 radical (unpaired) electrons. The molecule has 2 aromatic carbocycles. The fraction of sp³-hybridized carbons (Fsp3) is 0.294. The van der Waals surface area contributed by atoms with Gasteiger partial charge in [-0.05, 0) is 29.5 Å². The van der Waals surface area contributed by atoms with Crippen LogP contribution in [-0.2, 0) is 13.0 Å². The monoisotopic (exact) mass is 256 g/mol. The zero-order chi connectivity index (χ0) is 13.7. The molecule has 2 rings (SSSR count). The highest BCUT2D eigenvalue weighted by atomic mass is 16.5. The van der Waals surface area contributed by atoms with E-state index in [1.807, 2.05) is 24.3 Å². The standard InChI is InChI=1S/C17H20O2/c1-13(14-7-4-3-5-8-14)11-16-15(12-18)9-6-10-17(16)19-2/h3-10,13,18H,11-12H2,1-2H3. The van der Waals surface area contributed by atoms with Gasteiger partial charge in [-0.1, -0.05) is 49.4 Å². The first-order chi connectivity index (χ1) is 9.26. The van der Waals surface area contributed by atoms with E-state index >= 15 is 0 Å². The molecular formula is C17H20O2. The summed E-state index contributed by atoms with van der Waals surface area (Å²) in [7, 11) is 1.67. The van der Waals surface area contributed by atoms with Crippen LogP contribution in [0.1, 0.15) is 29.5 Å². The van der Waals surface area contributed by atoms with Crippen LogP contribution in [0.5, 0.6) is 5.75 Å². The third-order valence-electron chi connectivity index (χ3n) is 3.50. The number of aliphatic hydroxyl groups excluding tert-OH is 1. The van der Waals surface area contributed by atoms with Gasteiger partial charge in [0.25, 0.3) is 0 Å². The van der Waals surface area contributed by atoms with E-state index in [0.717, 1.165) is 23.3 Å². The Hall–Kier alpha value is -1.80. The Kier molecular flexibility index (Phi) is 4.58. The molecule has 0 fully saturated rings. The third-order valence-corrected chi connectivity index (χ3v) is 3.50. The number of aliphatic hydroxyl groups is 1. The van der Waals surface area contributed by atoms with Crippen LogP contribution >= 0.6 is 0 Å². The first kappa shape index (κ1) is 13.6. The van der Waals surface area contributed by atoms with Gasteiger partial charge in [-0.3, -0.25) is 0 Å². The number of ether oxygens (including phenoxy) is 1. The highest BCUT2D eigenvalue weighted by Crippen LogP contribution is 2.29. The molecule has 0 aliphatic heterocycles. The van der Waals surface area contributed by atoms with Crippen LogP contribution < -0.4 is 4.74 Å². The van der Waals surface area contributed by atoms with E-state index in [0.29, 0.717) is 5.92 Å². The van der Waals surface area contributed by atoms with Crippen molar-refractivity contribution in [2.75, 3.05) is 7.11 Å². The van der Waals surface area contributed by atoms with Crippen LogP contribution in [0.4, 0.5) is 0 Å². The number of rotatable bonds is 5. The summed E-state index contributed by atoms with van der Waals surface area (Å²) in [5.41, 5.74) is 3.35. The summed E-state index contributed by atoms with van der Waals surface area (Å²) in [4.78, 5) is 0. The Morgan fingerprint density at radius 2 is 1.79 bits per heavy atom. The molecule has 1 atom stereocenters. The minimum absolute atomic E-state index is 0.0496. The van der Waals surface area contributed by atoms with Crippen molar-refractivity contribution in [2.24, 2.45) is 0 Å². The molecule has 0 aliphatic rings. The van der Waals surface area contributed by atoms with Crippen molar-refractivity contribution in [1.82, 2.24) is 0 Å². The molecule has 0 aliphatic carbocycles. The van der Waals surface area contributed by atoms with Gasteiger partial charge in [-0.15, -0.1) is 0 Å². The lowest BCUT2D eigenvalue weighted by molar-refractivity contribution is 0.279. The molecule has 0 amide bonds. The molecule has 0 bridgehead atoms. The Bertz CT molecular complexity index is 498. The van der Waals surface area contributed by atoms with Crippen molar-refractivity contribution >= 4 is 0 Å². The average Bonchev–Trinajstić information content (AvgIpc) is 2.48. The van der Waals surface area contributed by atoms with E-state index in [9.17, 15) is 5.11 Å². The highest BCUT2D eigenvalue weighted by molar-refractivity contribution is 5.41. The number of methoxy groups -OCH3 is 1. The Morgan fingerprint density at radius 3 is 2.42 bits per heavy atom. The van der Waals surface area contributed by atoms with Crippen molar-refractivity contribution in [3.63, 3.8) is 0 Å². The zero-order valence-electron chi connectivity index (χ0n) is 11.5. The smallest absolute Gasteiger partial charge is 0.122 e. The van der Waals surface area contributed by atoms with E-state index in [4.69, 9.17) is 4.74 Å². The molecule has 0 saturated heterocycles. The van der Waals surface area contributed by atoms with Crippen molar-refractivity contribution < 1.29 is 9.84 Å². The second-order valence-corrected chi connectivity index (χ2v) is 4.77. The lowest BCUT2D eigenvalue weighted by Crippen LogP contribution is -2.04. The topological polar surface area (TPSA) is 29.5 Å². The largest absolute Gasteiger partial charge is 0.496 e. The molecule has 0 heterocycles. The molecule has 19 heavy (non-hydrogen) atoms. The molecule has 100 valence electrons. The Labute approximate surface area is 114 Å². The maximum Gasteiger partial charge on any atom is 0.122 e. The van der Waals surface area contributed by atoms with Crippen molar-refractivity contribution in [2.45, 2.75) is 25.9 Å². The summed E-state index contributed by atoms with van der Waals surface area (Å²) < 4.78 is 5.41. The van der Waals surface area contributed by atoms with E-state index in [2.05, 4.69) is 31.2 Å². The van der Waals surface area contributed by atoms with Crippen molar-refractivity contribution in [3.8, 4) is 5.75 Å². The summed E-state index contributed by atoms with van der Waals surface area (Å²) in [6.45, 7) is 2.25. The van der Waals surface area contributed by atoms with E-state index in [1.165, 1.54) is 5.56 Å². The van der Waals surface area contributed by atoms with Gasteiger partial charge in [0, 0.05) is 5.56 Å². The fourth-order valence-electron chi connectivity index (χ4n) is 2.39. The first-order valence-corrected chi connectivity index (χ1v) is 6.56. The van der Waals surface area contributed by atoms with Gasteiger partial charge in [0.2, 0.25) is 0 Å². The fourth-order valence-corrected chi connectivity index (χ4v) is 2.39. The second-order valence-electron chi connectivity index (χ2n) is 4.77. The lowest BCUT2D eigenvalue weighted by Gasteiger charge is -2.17. The van der Waals surface area contributed by atoms with E-state index < -0.39 is 0 Å². The lowest BCUT2D eigenvalue weighted by atomic mass is 9.91. The molecule has 1 N–H and O–H groups in total. The van der Waals surface area contributed by atoms with E-state index in [1.54, 1.807) is 7.11 Å². The molecular weight excluding hydrogens is 236 g/mol. The molecule has 0 saturated carbocycles. The second kappa shape index (κ2) is 6.39. The summed E-state index contributed by atoms with van der Waals surface area (Å²) in [6.07, 6.45) is 0.865. The van der Waals surface area contributed by atoms with Crippen LogP contribution in [0.15, 0.2) is 48.5 Å². The highest BCUT2D eigenvalue weighted by Gasteiger charge is 2.13. The molecule has 0 spiro atoms. The molecule has 2 heteroatoms. The number of hydrogen-bond acceptors (Lipinski definition) is 2. The van der Waals surface area contributed by atoms with Gasteiger partial charge in [0.1, 0.15) is 5.75 Å². The van der Waals surface area contributed by atoms with E-state index in [-0.39, 0.29) is 6.61 Å². The Balaban J connectivity index is 2.27. The molecule has 2 aromatic rings.